The van der Waals surface area contributed by atoms with E-state index in [9.17, 15) is 24.6 Å². The zero-order valence-corrected chi connectivity index (χ0v) is 19.1. The van der Waals surface area contributed by atoms with Gasteiger partial charge in [-0.25, -0.2) is 4.79 Å². The standard InChI is InChI=1S/C23H29N3O5S/c1-12-3-4-13(2)14(7-12)10-25-11-16(8-15(25)5-6-19(28)29)32-22-20(24)17-9-18(27)26(17)21(22)23(30)31/h3-4,7,15-17,20H,5-6,8-11,24H2,1-2H3,(H,28,29)(H,30,31). The number of carbonyl (C=O) groups is 3. The molecule has 2 saturated heterocycles. The summed E-state index contributed by atoms with van der Waals surface area (Å²) in [6.45, 7) is 5.56. The van der Waals surface area contributed by atoms with E-state index in [1.165, 1.54) is 33.4 Å². The molecule has 32 heavy (non-hydrogen) atoms. The highest BCUT2D eigenvalue weighted by molar-refractivity contribution is 8.03. The van der Waals surface area contributed by atoms with E-state index in [1.54, 1.807) is 0 Å². The minimum absolute atomic E-state index is 0.0267. The number of rotatable bonds is 8. The quantitative estimate of drug-likeness (QED) is 0.505. The molecule has 4 unspecified atom stereocenters. The average molecular weight is 460 g/mol. The molecule has 8 nitrogen and oxygen atoms in total. The van der Waals surface area contributed by atoms with E-state index in [-0.39, 0.29) is 41.8 Å². The minimum Gasteiger partial charge on any atom is -0.481 e. The predicted octanol–water partition coefficient (Wildman–Crippen LogP) is 2.08. The van der Waals surface area contributed by atoms with Crippen LogP contribution in [0.3, 0.4) is 0 Å². The number of nitrogens with two attached hydrogens (primary N) is 1. The Balaban J connectivity index is 1.54. The average Bonchev–Trinajstić information content (AvgIpc) is 3.19. The fourth-order valence-electron chi connectivity index (χ4n) is 4.99. The van der Waals surface area contributed by atoms with Crippen molar-refractivity contribution in [2.75, 3.05) is 6.54 Å². The van der Waals surface area contributed by atoms with Gasteiger partial charge in [-0.05, 0) is 37.8 Å². The van der Waals surface area contributed by atoms with Gasteiger partial charge in [0.15, 0.2) is 0 Å². The van der Waals surface area contributed by atoms with Crippen LogP contribution in [0.4, 0.5) is 0 Å². The van der Waals surface area contributed by atoms with Gasteiger partial charge in [0.1, 0.15) is 5.70 Å². The van der Waals surface area contributed by atoms with E-state index < -0.39 is 18.0 Å². The molecule has 3 heterocycles. The van der Waals surface area contributed by atoms with Crippen molar-refractivity contribution in [3.05, 3.63) is 45.5 Å². The van der Waals surface area contributed by atoms with E-state index in [1.807, 2.05) is 0 Å². The number of β-lactam (4-membered cyclic amide) rings is 1. The Bertz CT molecular complexity index is 994. The molecule has 0 spiro atoms. The first-order chi connectivity index (χ1) is 15.2. The molecule has 0 saturated carbocycles. The Morgan fingerprint density at radius 1 is 1.25 bits per heavy atom. The van der Waals surface area contributed by atoms with E-state index in [0.717, 1.165) is 13.0 Å². The Morgan fingerprint density at radius 3 is 2.66 bits per heavy atom. The van der Waals surface area contributed by atoms with Crippen LogP contribution in [0.1, 0.15) is 42.4 Å². The van der Waals surface area contributed by atoms with Crippen molar-refractivity contribution in [3.63, 3.8) is 0 Å². The van der Waals surface area contributed by atoms with Crippen molar-refractivity contribution < 1.29 is 24.6 Å². The van der Waals surface area contributed by atoms with Gasteiger partial charge in [0.05, 0.1) is 12.1 Å². The van der Waals surface area contributed by atoms with Gasteiger partial charge in [0.25, 0.3) is 0 Å². The molecule has 4 N–H and O–H groups in total. The van der Waals surface area contributed by atoms with Crippen LogP contribution in [0.25, 0.3) is 0 Å². The summed E-state index contributed by atoms with van der Waals surface area (Å²) in [5.74, 6) is -2.13. The van der Waals surface area contributed by atoms with Crippen LogP contribution in [-0.2, 0) is 20.9 Å². The highest BCUT2D eigenvalue weighted by Crippen LogP contribution is 2.46. The van der Waals surface area contributed by atoms with Gasteiger partial charge in [0, 0.05) is 42.1 Å². The number of carbonyl (C=O) groups excluding carboxylic acids is 1. The number of likely N-dealkylation sites (tertiary alicyclic amines) is 1. The highest BCUT2D eigenvalue weighted by Gasteiger charge is 2.53. The normalized spacial score (nSPS) is 27.6. The van der Waals surface area contributed by atoms with Crippen LogP contribution >= 0.6 is 11.8 Å². The maximum absolute atomic E-state index is 12.0. The lowest BCUT2D eigenvalue weighted by molar-refractivity contribution is -0.147. The minimum atomic E-state index is -1.12. The Labute approximate surface area is 191 Å². The summed E-state index contributed by atoms with van der Waals surface area (Å²) in [6.07, 6.45) is 1.68. The van der Waals surface area contributed by atoms with Crippen molar-refractivity contribution in [2.45, 2.75) is 69.5 Å². The maximum atomic E-state index is 12.0. The lowest BCUT2D eigenvalue weighted by Crippen LogP contribution is -2.55. The largest absolute Gasteiger partial charge is 0.481 e. The van der Waals surface area contributed by atoms with Crippen molar-refractivity contribution in [2.24, 2.45) is 5.73 Å². The number of fused-ring (bicyclic) bond motifs is 1. The molecule has 1 amide bonds. The molecule has 0 aromatic heterocycles. The SMILES string of the molecule is Cc1ccc(C)c(CN2CC(SC3=C(C(=O)O)N4C(=O)CC4C3N)CC2CCC(=O)O)c1. The summed E-state index contributed by atoms with van der Waals surface area (Å²) in [4.78, 5) is 39.3. The van der Waals surface area contributed by atoms with Gasteiger partial charge in [-0.1, -0.05) is 23.8 Å². The molecular formula is C23H29N3O5S. The molecule has 1 aromatic carbocycles. The number of carboxylic acids is 2. The third kappa shape index (κ3) is 4.29. The van der Waals surface area contributed by atoms with E-state index >= 15 is 0 Å². The third-order valence-electron chi connectivity index (χ3n) is 6.73. The van der Waals surface area contributed by atoms with Gasteiger partial charge in [0.2, 0.25) is 5.91 Å². The second-order valence-electron chi connectivity index (χ2n) is 9.00. The molecule has 9 heteroatoms. The number of amides is 1. The number of benzene rings is 1. The Kier molecular flexibility index (Phi) is 6.33. The molecule has 4 rings (SSSR count). The molecule has 2 fully saturated rings. The summed E-state index contributed by atoms with van der Waals surface area (Å²) in [5, 5.41) is 19.0. The molecule has 3 aliphatic rings. The van der Waals surface area contributed by atoms with E-state index in [2.05, 4.69) is 36.9 Å². The first kappa shape index (κ1) is 22.8. The summed E-state index contributed by atoms with van der Waals surface area (Å²) in [7, 11) is 0. The van der Waals surface area contributed by atoms with Crippen LogP contribution in [-0.4, -0.2) is 67.8 Å². The number of nitrogens with zero attached hydrogens (tertiary/aromatic N) is 2. The van der Waals surface area contributed by atoms with Gasteiger partial charge in [-0.3, -0.25) is 19.4 Å². The number of aliphatic carboxylic acids is 2. The Morgan fingerprint density at radius 2 is 2.00 bits per heavy atom. The molecule has 4 atom stereocenters. The van der Waals surface area contributed by atoms with Crippen LogP contribution in [0.2, 0.25) is 0 Å². The Hall–Kier alpha value is -2.36. The number of hydrogen-bond acceptors (Lipinski definition) is 6. The van der Waals surface area contributed by atoms with Crippen molar-refractivity contribution in [3.8, 4) is 0 Å². The van der Waals surface area contributed by atoms with Crippen LogP contribution < -0.4 is 5.73 Å². The number of thioether (sulfide) groups is 1. The lowest BCUT2D eigenvalue weighted by atomic mass is 9.99. The third-order valence-corrected chi connectivity index (χ3v) is 8.13. The molecule has 172 valence electrons. The van der Waals surface area contributed by atoms with Crippen molar-refractivity contribution in [1.29, 1.82) is 0 Å². The summed E-state index contributed by atoms with van der Waals surface area (Å²) in [5.41, 5.74) is 9.95. The predicted molar refractivity (Wildman–Crippen MR) is 121 cm³/mol. The monoisotopic (exact) mass is 459 g/mol. The molecule has 0 radical (unpaired) electrons. The van der Waals surface area contributed by atoms with Gasteiger partial charge >= 0.3 is 11.9 Å². The van der Waals surface area contributed by atoms with Crippen molar-refractivity contribution in [1.82, 2.24) is 9.80 Å². The maximum Gasteiger partial charge on any atom is 0.353 e. The lowest BCUT2D eigenvalue weighted by Gasteiger charge is -2.36. The highest BCUT2D eigenvalue weighted by atomic mass is 32.2. The van der Waals surface area contributed by atoms with Crippen LogP contribution in [0.5, 0.6) is 0 Å². The zero-order valence-electron chi connectivity index (χ0n) is 18.3. The first-order valence-corrected chi connectivity index (χ1v) is 11.8. The summed E-state index contributed by atoms with van der Waals surface area (Å²) < 4.78 is 0. The molecule has 0 aliphatic carbocycles. The van der Waals surface area contributed by atoms with Gasteiger partial charge < -0.3 is 15.9 Å². The fraction of sp³-hybridized carbons (Fsp3) is 0.522. The molecule has 0 bridgehead atoms. The van der Waals surface area contributed by atoms with Gasteiger partial charge in [-0.2, -0.15) is 0 Å². The van der Waals surface area contributed by atoms with Crippen LogP contribution in [0.15, 0.2) is 28.8 Å². The fourth-order valence-corrected chi connectivity index (χ4v) is 6.54. The molecular weight excluding hydrogens is 430 g/mol. The smallest absolute Gasteiger partial charge is 0.353 e. The molecule has 1 aromatic rings. The molecule has 3 aliphatic heterocycles. The first-order valence-electron chi connectivity index (χ1n) is 10.9. The summed E-state index contributed by atoms with van der Waals surface area (Å²) >= 11 is 1.46. The number of carboxylic acid groups (broad SMARTS) is 2. The zero-order chi connectivity index (χ0) is 23.2. The summed E-state index contributed by atoms with van der Waals surface area (Å²) in [6, 6.07) is 5.70. The second-order valence-corrected chi connectivity index (χ2v) is 10.3. The van der Waals surface area contributed by atoms with Crippen molar-refractivity contribution >= 4 is 29.6 Å². The van der Waals surface area contributed by atoms with E-state index in [0.29, 0.717) is 17.9 Å². The topological polar surface area (TPSA) is 124 Å². The number of aryl methyl sites for hydroxylation is 2. The van der Waals surface area contributed by atoms with E-state index in [4.69, 9.17) is 5.73 Å². The second kappa shape index (κ2) is 8.88. The van der Waals surface area contributed by atoms with Gasteiger partial charge in [-0.15, -0.1) is 11.8 Å². The van der Waals surface area contributed by atoms with Crippen LogP contribution in [0, 0.1) is 13.8 Å². The number of hydrogen-bond donors (Lipinski definition) is 3.